The van der Waals surface area contributed by atoms with Crippen LogP contribution in [0, 0.1) is 0 Å². The molecule has 9 heteroatoms. The molecule has 0 aliphatic carbocycles. The summed E-state index contributed by atoms with van der Waals surface area (Å²) in [4.78, 5) is 15.9. The summed E-state index contributed by atoms with van der Waals surface area (Å²) in [5, 5.41) is 9.62. The molecule has 3 unspecified atom stereocenters. The summed E-state index contributed by atoms with van der Waals surface area (Å²) in [5.74, 6) is -1.78. The van der Waals surface area contributed by atoms with Gasteiger partial charge in [0.1, 0.15) is 4.75 Å². The molecule has 3 atom stereocenters. The van der Waals surface area contributed by atoms with Gasteiger partial charge in [0, 0.05) is 22.5 Å². The third-order valence-electron chi connectivity index (χ3n) is 4.07. The smallest absolute Gasteiger partial charge is 0.410 e. The highest BCUT2D eigenvalue weighted by Gasteiger charge is 2.52. The highest BCUT2D eigenvalue weighted by Crippen LogP contribution is 2.28. The second kappa shape index (κ2) is 9.63. The Balaban J connectivity index is 2.60. The van der Waals surface area contributed by atoms with Gasteiger partial charge in [0.2, 0.25) is 0 Å². The highest BCUT2D eigenvalue weighted by molar-refractivity contribution is 7.90. The first-order valence-corrected chi connectivity index (χ1v) is 10.2. The van der Waals surface area contributed by atoms with E-state index in [4.69, 9.17) is 0 Å². The first-order chi connectivity index (χ1) is 13.9. The summed E-state index contributed by atoms with van der Waals surface area (Å²) >= 11 is -2.16. The van der Waals surface area contributed by atoms with Crippen molar-refractivity contribution in [3.8, 4) is 0 Å². The van der Waals surface area contributed by atoms with Crippen molar-refractivity contribution in [1.82, 2.24) is 4.72 Å². The Hall–Kier alpha value is -2.36. The third kappa shape index (κ3) is 6.32. The third-order valence-corrected chi connectivity index (χ3v) is 5.65. The average molecular weight is 440 g/mol. The largest absolute Gasteiger partial charge is 0.598 e. The van der Waals surface area contributed by atoms with Crippen LogP contribution >= 0.6 is 0 Å². The molecular weight excluding hydrogens is 417 g/mol. The average Bonchev–Trinajstić information content (AvgIpc) is 2.67. The van der Waals surface area contributed by atoms with Gasteiger partial charge >= 0.3 is 12.1 Å². The van der Waals surface area contributed by atoms with Crippen LogP contribution in [0.15, 0.2) is 65.7 Å². The Labute approximate surface area is 176 Å². The lowest BCUT2D eigenvalue weighted by molar-refractivity contribution is -0.167. The number of carboxylic acids is 1. The molecule has 162 valence electrons. The molecule has 0 aliphatic rings. The molecule has 2 N–H and O–H groups in total. The van der Waals surface area contributed by atoms with Gasteiger partial charge in [0.15, 0.2) is 12.1 Å². The van der Waals surface area contributed by atoms with E-state index in [1.165, 1.54) is 20.8 Å². The number of alkyl halides is 3. The minimum absolute atomic E-state index is 0.0983. The fourth-order valence-corrected chi connectivity index (χ4v) is 3.37. The van der Waals surface area contributed by atoms with Crippen LogP contribution in [-0.2, 0) is 16.2 Å². The van der Waals surface area contributed by atoms with Crippen molar-refractivity contribution in [3.05, 3.63) is 71.8 Å². The van der Waals surface area contributed by atoms with Crippen molar-refractivity contribution in [2.24, 2.45) is 4.99 Å². The van der Waals surface area contributed by atoms with Gasteiger partial charge in [-0.15, -0.1) is 4.72 Å². The zero-order valence-corrected chi connectivity index (χ0v) is 17.5. The van der Waals surface area contributed by atoms with E-state index < -0.39 is 40.3 Å². The first kappa shape index (κ1) is 23.9. The second-order valence-electron chi connectivity index (χ2n) is 7.51. The molecule has 0 saturated carbocycles. The van der Waals surface area contributed by atoms with Gasteiger partial charge < -0.3 is 9.66 Å². The maximum absolute atomic E-state index is 13.8. The van der Waals surface area contributed by atoms with E-state index in [-0.39, 0.29) is 5.71 Å². The monoisotopic (exact) mass is 440 g/mol. The molecule has 0 aliphatic heterocycles. The molecule has 0 amide bonds. The summed E-state index contributed by atoms with van der Waals surface area (Å²) in [6.07, 6.45) is -4.99. The van der Waals surface area contributed by atoms with Crippen LogP contribution in [0.4, 0.5) is 13.2 Å². The van der Waals surface area contributed by atoms with Gasteiger partial charge in [-0.2, -0.15) is 13.2 Å². The van der Waals surface area contributed by atoms with Crippen molar-refractivity contribution >= 4 is 23.0 Å². The predicted molar refractivity (Wildman–Crippen MR) is 111 cm³/mol. The minimum atomic E-state index is -4.99. The molecule has 0 fully saturated rings. The SMILES string of the molecule is CC(C)(C)[S+]([O-])NC(C(N=C(c1ccccc1)c1ccccc1)C(=O)O)C(F)(F)F. The molecule has 2 rings (SSSR count). The molecule has 30 heavy (non-hydrogen) atoms. The number of halogens is 3. The fraction of sp³-hybridized carbons (Fsp3) is 0.333. The van der Waals surface area contributed by atoms with Gasteiger partial charge in [-0.25, -0.2) is 4.79 Å². The maximum Gasteiger partial charge on any atom is 0.410 e. The number of hydrogen-bond donors (Lipinski definition) is 2. The zero-order valence-electron chi connectivity index (χ0n) is 16.7. The molecular formula is C21H23F3N2O3S. The standard InChI is InChI=1S/C21H23F3N2O3S/c1-20(2,3)30(29)26-18(21(22,23)24)17(19(27)28)25-16(14-10-6-4-7-11-14)15-12-8-5-9-13-15/h4-13,17-18,26H,1-3H3,(H,27,28). The topological polar surface area (TPSA) is 84.8 Å². The van der Waals surface area contributed by atoms with Crippen LogP contribution in [-0.4, -0.2) is 44.3 Å². The second-order valence-corrected chi connectivity index (χ2v) is 9.51. The van der Waals surface area contributed by atoms with E-state index in [0.717, 1.165) is 0 Å². The quantitative estimate of drug-likeness (QED) is 0.504. The van der Waals surface area contributed by atoms with E-state index in [1.807, 2.05) is 4.72 Å². The lowest BCUT2D eigenvalue weighted by atomic mass is 10.0. The van der Waals surface area contributed by atoms with Crippen molar-refractivity contribution < 1.29 is 27.6 Å². The lowest BCUT2D eigenvalue weighted by Crippen LogP contribution is -2.57. The number of rotatable bonds is 7. The zero-order chi connectivity index (χ0) is 22.5. The normalized spacial score (nSPS) is 15.2. The van der Waals surface area contributed by atoms with E-state index in [9.17, 15) is 27.6 Å². The van der Waals surface area contributed by atoms with Crippen molar-refractivity contribution in [2.75, 3.05) is 0 Å². The van der Waals surface area contributed by atoms with Gasteiger partial charge in [-0.3, -0.25) is 4.99 Å². The molecule has 0 radical (unpaired) electrons. The Kier molecular flexibility index (Phi) is 7.68. The van der Waals surface area contributed by atoms with E-state index in [2.05, 4.69) is 4.99 Å². The molecule has 0 saturated heterocycles. The molecule has 0 spiro atoms. The van der Waals surface area contributed by atoms with Gasteiger partial charge in [0.25, 0.3) is 0 Å². The Morgan fingerprint density at radius 2 is 1.43 bits per heavy atom. The van der Waals surface area contributed by atoms with Crippen LogP contribution < -0.4 is 4.72 Å². The predicted octanol–water partition coefficient (Wildman–Crippen LogP) is 3.96. The van der Waals surface area contributed by atoms with Crippen LogP contribution in [0.1, 0.15) is 31.9 Å². The fourth-order valence-electron chi connectivity index (χ4n) is 2.52. The van der Waals surface area contributed by atoms with Crippen molar-refractivity contribution in [1.29, 1.82) is 0 Å². The Bertz CT molecular complexity index is 827. The molecule has 5 nitrogen and oxygen atoms in total. The Morgan fingerprint density at radius 3 is 1.77 bits per heavy atom. The van der Waals surface area contributed by atoms with Crippen LogP contribution in [0.3, 0.4) is 0 Å². The number of benzene rings is 2. The number of carboxylic acid groups (broad SMARTS) is 1. The number of carbonyl (C=O) groups is 1. The minimum Gasteiger partial charge on any atom is -0.598 e. The summed E-state index contributed by atoms with van der Waals surface area (Å²) in [6, 6.07) is 11.8. The summed E-state index contributed by atoms with van der Waals surface area (Å²) < 4.78 is 54.7. The van der Waals surface area contributed by atoms with E-state index in [0.29, 0.717) is 11.1 Å². The molecule has 2 aromatic rings. The van der Waals surface area contributed by atoms with Crippen LogP contribution in [0.2, 0.25) is 0 Å². The molecule has 0 heterocycles. The van der Waals surface area contributed by atoms with Crippen molar-refractivity contribution in [2.45, 2.75) is 43.8 Å². The van der Waals surface area contributed by atoms with Gasteiger partial charge in [-0.05, 0) is 20.8 Å². The Morgan fingerprint density at radius 1 is 1.00 bits per heavy atom. The maximum atomic E-state index is 13.8. The van der Waals surface area contributed by atoms with Gasteiger partial charge in [0.05, 0.1) is 5.71 Å². The number of hydrogen-bond acceptors (Lipinski definition) is 4. The summed E-state index contributed by atoms with van der Waals surface area (Å²) in [7, 11) is 0. The molecule has 2 aromatic carbocycles. The lowest BCUT2D eigenvalue weighted by Gasteiger charge is -2.30. The van der Waals surface area contributed by atoms with Crippen LogP contribution in [0.25, 0.3) is 0 Å². The number of nitrogens with zero attached hydrogens (tertiary/aromatic N) is 1. The highest BCUT2D eigenvalue weighted by atomic mass is 32.2. The summed E-state index contributed by atoms with van der Waals surface area (Å²) in [5.41, 5.74) is 1.03. The van der Waals surface area contributed by atoms with Gasteiger partial charge in [-0.1, -0.05) is 60.7 Å². The van der Waals surface area contributed by atoms with Crippen molar-refractivity contribution in [3.63, 3.8) is 0 Å². The van der Waals surface area contributed by atoms with E-state index >= 15 is 0 Å². The molecule has 0 aromatic heterocycles. The molecule has 0 bridgehead atoms. The number of nitrogens with one attached hydrogen (secondary N) is 1. The first-order valence-electron chi connectivity index (χ1n) is 9.07. The summed E-state index contributed by atoms with van der Waals surface area (Å²) in [6.45, 7) is 4.46. The number of aliphatic carboxylic acids is 1. The number of aliphatic imine (C=N–C) groups is 1. The van der Waals surface area contributed by atoms with E-state index in [1.54, 1.807) is 60.7 Å². The van der Waals surface area contributed by atoms with Crippen LogP contribution in [0.5, 0.6) is 0 Å².